The molecule has 30 heavy (non-hydrogen) atoms. The van der Waals surface area contributed by atoms with Gasteiger partial charge in [0.2, 0.25) is 0 Å². The van der Waals surface area contributed by atoms with Crippen LogP contribution in [0.3, 0.4) is 0 Å². The van der Waals surface area contributed by atoms with Gasteiger partial charge in [-0.2, -0.15) is 0 Å². The SMILES string of the molecule is CCC(I)CCC[C@@H](C(=O)O)N(C)C(=O)OCC1c2ccccc2-c2ccccc21. The molecular formula is C24H28INO4. The predicted molar refractivity (Wildman–Crippen MR) is 126 cm³/mol. The Labute approximate surface area is 191 Å². The molecule has 0 saturated carbocycles. The van der Waals surface area contributed by atoms with Gasteiger partial charge in [0, 0.05) is 16.9 Å². The summed E-state index contributed by atoms with van der Waals surface area (Å²) < 4.78 is 6.13. The number of hydrogen-bond acceptors (Lipinski definition) is 3. The first-order valence-corrected chi connectivity index (χ1v) is 11.6. The summed E-state index contributed by atoms with van der Waals surface area (Å²) in [5.41, 5.74) is 4.60. The molecule has 0 fully saturated rings. The smallest absolute Gasteiger partial charge is 0.410 e. The van der Waals surface area contributed by atoms with Crippen molar-refractivity contribution in [3.63, 3.8) is 0 Å². The zero-order chi connectivity index (χ0) is 21.7. The van der Waals surface area contributed by atoms with E-state index in [9.17, 15) is 14.7 Å². The maximum Gasteiger partial charge on any atom is 0.410 e. The molecule has 0 spiro atoms. The molecule has 0 aliphatic heterocycles. The van der Waals surface area contributed by atoms with Crippen LogP contribution >= 0.6 is 22.6 Å². The molecule has 0 saturated heterocycles. The third kappa shape index (κ3) is 4.96. The lowest BCUT2D eigenvalue weighted by Crippen LogP contribution is -2.43. The highest BCUT2D eigenvalue weighted by atomic mass is 127. The predicted octanol–water partition coefficient (Wildman–Crippen LogP) is 5.70. The van der Waals surface area contributed by atoms with Gasteiger partial charge in [0.1, 0.15) is 12.6 Å². The van der Waals surface area contributed by atoms with E-state index in [2.05, 4.69) is 53.8 Å². The Bertz CT molecular complexity index is 855. The Morgan fingerprint density at radius 2 is 1.63 bits per heavy atom. The molecule has 2 atom stereocenters. The number of carbonyl (C=O) groups is 2. The number of carboxylic acid groups (broad SMARTS) is 1. The van der Waals surface area contributed by atoms with E-state index in [0.717, 1.165) is 41.5 Å². The van der Waals surface area contributed by atoms with Gasteiger partial charge in [-0.3, -0.25) is 4.90 Å². The van der Waals surface area contributed by atoms with Crippen LogP contribution in [-0.2, 0) is 9.53 Å². The molecule has 6 heteroatoms. The number of likely N-dealkylation sites (N-methyl/N-ethyl adjacent to an activating group) is 1. The number of benzene rings is 2. The fraction of sp³-hybridized carbons (Fsp3) is 0.417. The molecule has 2 aromatic carbocycles. The lowest BCUT2D eigenvalue weighted by atomic mass is 9.98. The monoisotopic (exact) mass is 521 g/mol. The second-order valence-electron chi connectivity index (χ2n) is 7.71. The number of ether oxygens (including phenoxy) is 1. The summed E-state index contributed by atoms with van der Waals surface area (Å²) in [5.74, 6) is -1.03. The van der Waals surface area contributed by atoms with Gasteiger partial charge in [-0.15, -0.1) is 0 Å². The van der Waals surface area contributed by atoms with Crippen LogP contribution in [0.25, 0.3) is 11.1 Å². The van der Waals surface area contributed by atoms with E-state index in [0.29, 0.717) is 10.3 Å². The molecule has 2 aromatic rings. The van der Waals surface area contributed by atoms with Crippen molar-refractivity contribution >= 4 is 34.7 Å². The number of hydrogen-bond donors (Lipinski definition) is 1. The molecule has 1 amide bonds. The summed E-state index contributed by atoms with van der Waals surface area (Å²) in [6, 6.07) is 15.4. The van der Waals surface area contributed by atoms with Gasteiger partial charge in [-0.25, -0.2) is 9.59 Å². The number of halogens is 1. The summed E-state index contributed by atoms with van der Waals surface area (Å²) in [7, 11) is 1.51. The molecule has 1 unspecified atom stereocenters. The minimum absolute atomic E-state index is 0.0395. The largest absolute Gasteiger partial charge is 0.480 e. The summed E-state index contributed by atoms with van der Waals surface area (Å²) >= 11 is 2.38. The number of carboxylic acids is 1. The van der Waals surface area contributed by atoms with Gasteiger partial charge in [-0.1, -0.05) is 78.0 Å². The Kier molecular flexibility index (Phi) is 7.75. The summed E-state index contributed by atoms with van der Waals surface area (Å²) in [4.78, 5) is 25.6. The van der Waals surface area contributed by atoms with Crippen molar-refractivity contribution in [2.75, 3.05) is 13.7 Å². The van der Waals surface area contributed by atoms with E-state index < -0.39 is 18.1 Å². The first-order valence-electron chi connectivity index (χ1n) is 10.4. The van der Waals surface area contributed by atoms with Crippen molar-refractivity contribution in [3.8, 4) is 11.1 Å². The number of alkyl halides is 1. The molecule has 1 aliphatic carbocycles. The van der Waals surface area contributed by atoms with Gasteiger partial charge in [0.05, 0.1) is 0 Å². The number of carbonyl (C=O) groups excluding carboxylic acids is 1. The molecule has 0 aromatic heterocycles. The standard InChI is InChI=1S/C24H28INO4/c1-3-16(25)9-8-14-22(23(27)28)26(2)24(29)30-15-21-19-12-6-4-10-17(19)18-11-5-7-13-20(18)21/h4-7,10-13,16,21-22H,3,8-9,14-15H2,1-2H3,(H,27,28)/t16?,22-/m0/s1. The third-order valence-corrected chi connectivity index (χ3v) is 7.32. The van der Waals surface area contributed by atoms with Crippen molar-refractivity contribution in [2.24, 2.45) is 0 Å². The van der Waals surface area contributed by atoms with E-state index in [1.807, 2.05) is 24.3 Å². The van der Waals surface area contributed by atoms with Gasteiger partial charge in [-0.05, 0) is 47.9 Å². The zero-order valence-corrected chi connectivity index (χ0v) is 19.5. The minimum atomic E-state index is -0.993. The maximum atomic E-state index is 12.7. The van der Waals surface area contributed by atoms with Crippen LogP contribution in [0, 0.1) is 0 Å². The first kappa shape index (κ1) is 22.6. The van der Waals surface area contributed by atoms with Gasteiger partial charge in [0.15, 0.2) is 0 Å². The zero-order valence-electron chi connectivity index (χ0n) is 17.4. The maximum absolute atomic E-state index is 12.7. The second-order valence-corrected chi connectivity index (χ2v) is 9.47. The van der Waals surface area contributed by atoms with Crippen LogP contribution in [0.2, 0.25) is 0 Å². The molecule has 5 nitrogen and oxygen atoms in total. The summed E-state index contributed by atoms with van der Waals surface area (Å²) in [6.07, 6.45) is 2.60. The number of aliphatic carboxylic acids is 1. The Morgan fingerprint density at radius 1 is 1.07 bits per heavy atom. The van der Waals surface area contributed by atoms with Gasteiger partial charge < -0.3 is 9.84 Å². The Hall–Kier alpha value is -2.09. The second kappa shape index (κ2) is 10.3. The number of nitrogens with zero attached hydrogens (tertiary/aromatic N) is 1. The number of amides is 1. The lowest BCUT2D eigenvalue weighted by molar-refractivity contribution is -0.142. The van der Waals surface area contributed by atoms with Crippen LogP contribution < -0.4 is 0 Å². The van der Waals surface area contributed by atoms with Gasteiger partial charge >= 0.3 is 12.1 Å². The first-order chi connectivity index (χ1) is 14.4. The number of rotatable bonds is 9. The van der Waals surface area contributed by atoms with E-state index in [4.69, 9.17) is 4.74 Å². The highest BCUT2D eigenvalue weighted by Gasteiger charge is 2.31. The molecular weight excluding hydrogens is 493 g/mol. The third-order valence-electron chi connectivity index (χ3n) is 5.81. The lowest BCUT2D eigenvalue weighted by Gasteiger charge is -2.25. The fourth-order valence-corrected chi connectivity index (χ4v) is 4.48. The van der Waals surface area contributed by atoms with Crippen LogP contribution in [0.1, 0.15) is 49.7 Å². The van der Waals surface area contributed by atoms with Crippen LogP contribution in [0.5, 0.6) is 0 Å². The average molecular weight is 521 g/mol. The van der Waals surface area contributed by atoms with Crippen molar-refractivity contribution in [2.45, 2.75) is 48.5 Å². The number of fused-ring (bicyclic) bond motifs is 3. The van der Waals surface area contributed by atoms with E-state index in [-0.39, 0.29) is 12.5 Å². The quantitative estimate of drug-likeness (QED) is 0.340. The average Bonchev–Trinajstić information content (AvgIpc) is 3.08. The van der Waals surface area contributed by atoms with Crippen molar-refractivity contribution in [3.05, 3.63) is 59.7 Å². The van der Waals surface area contributed by atoms with Crippen molar-refractivity contribution in [1.29, 1.82) is 0 Å². The molecule has 0 heterocycles. The molecule has 1 N–H and O–H groups in total. The molecule has 3 rings (SSSR count). The highest BCUT2D eigenvalue weighted by Crippen LogP contribution is 2.44. The van der Waals surface area contributed by atoms with Crippen LogP contribution in [0.4, 0.5) is 4.79 Å². The van der Waals surface area contributed by atoms with Gasteiger partial charge in [0.25, 0.3) is 0 Å². The van der Waals surface area contributed by atoms with E-state index in [1.54, 1.807) is 0 Å². The summed E-state index contributed by atoms with van der Waals surface area (Å²) in [5, 5.41) is 9.60. The normalized spacial score (nSPS) is 14.5. The highest BCUT2D eigenvalue weighted by molar-refractivity contribution is 14.1. The fourth-order valence-electron chi connectivity index (χ4n) is 4.04. The van der Waals surface area contributed by atoms with E-state index in [1.165, 1.54) is 11.9 Å². The molecule has 0 bridgehead atoms. The molecule has 160 valence electrons. The Morgan fingerprint density at radius 3 is 2.17 bits per heavy atom. The van der Waals surface area contributed by atoms with E-state index >= 15 is 0 Å². The van der Waals surface area contributed by atoms with Crippen molar-refractivity contribution < 1.29 is 19.4 Å². The van der Waals surface area contributed by atoms with Crippen molar-refractivity contribution in [1.82, 2.24) is 4.90 Å². The summed E-state index contributed by atoms with van der Waals surface area (Å²) in [6.45, 7) is 2.31. The Balaban J connectivity index is 1.65. The molecule has 1 aliphatic rings. The van der Waals surface area contributed by atoms with Crippen LogP contribution in [-0.4, -0.2) is 45.7 Å². The van der Waals surface area contributed by atoms with Crippen LogP contribution in [0.15, 0.2) is 48.5 Å². The minimum Gasteiger partial charge on any atom is -0.480 e. The topological polar surface area (TPSA) is 66.8 Å². The molecule has 0 radical (unpaired) electrons.